The van der Waals surface area contributed by atoms with Gasteiger partial charge >= 0.3 is 0 Å². The third kappa shape index (κ3) is 5.34. The number of benzene rings is 1. The number of aliphatic hydroxyl groups is 1. The Bertz CT molecular complexity index is 493. The lowest BCUT2D eigenvalue weighted by molar-refractivity contribution is -0.123. The molecular weight excluding hydrogens is 294 g/mol. The molecular formula is C14H20ClN3O3. The maximum Gasteiger partial charge on any atom is 0.237 e. The van der Waals surface area contributed by atoms with E-state index >= 15 is 0 Å². The van der Waals surface area contributed by atoms with Crippen molar-refractivity contribution in [3.8, 4) is 0 Å². The summed E-state index contributed by atoms with van der Waals surface area (Å²) >= 11 is 0. The van der Waals surface area contributed by atoms with Gasteiger partial charge in [-0.1, -0.05) is 12.1 Å². The molecule has 4 N–H and O–H groups in total. The van der Waals surface area contributed by atoms with E-state index in [1.807, 2.05) is 12.1 Å². The van der Waals surface area contributed by atoms with Gasteiger partial charge in [0.25, 0.3) is 0 Å². The number of halogens is 1. The molecule has 2 amide bonds. The van der Waals surface area contributed by atoms with Crippen LogP contribution in [0.4, 0.5) is 5.69 Å². The van der Waals surface area contributed by atoms with Crippen LogP contribution in [-0.4, -0.2) is 35.6 Å². The van der Waals surface area contributed by atoms with Gasteiger partial charge in [-0.15, -0.1) is 12.4 Å². The van der Waals surface area contributed by atoms with Crippen LogP contribution in [-0.2, 0) is 16.1 Å². The van der Waals surface area contributed by atoms with Gasteiger partial charge in [0.1, 0.15) is 0 Å². The van der Waals surface area contributed by atoms with Gasteiger partial charge in [0.15, 0.2) is 0 Å². The summed E-state index contributed by atoms with van der Waals surface area (Å²) in [4.78, 5) is 22.7. The number of β-amino-alcohol motifs (C(OH)–C–C–N with tert-alkyl or cyclic N) is 1. The van der Waals surface area contributed by atoms with Gasteiger partial charge in [0, 0.05) is 25.7 Å². The summed E-state index contributed by atoms with van der Waals surface area (Å²) in [6.45, 7) is 2.34. The predicted octanol–water partition coefficient (Wildman–Crippen LogP) is 0.406. The van der Waals surface area contributed by atoms with Gasteiger partial charge < -0.3 is 21.1 Å². The van der Waals surface area contributed by atoms with Crippen LogP contribution >= 0.6 is 12.4 Å². The first-order chi connectivity index (χ1) is 9.54. The molecule has 21 heavy (non-hydrogen) atoms. The van der Waals surface area contributed by atoms with Gasteiger partial charge in [-0.2, -0.15) is 0 Å². The van der Waals surface area contributed by atoms with Crippen LogP contribution in [0.15, 0.2) is 24.3 Å². The summed E-state index contributed by atoms with van der Waals surface area (Å²) in [6.07, 6.45) is 0.00973. The molecule has 2 rings (SSSR count). The molecule has 1 heterocycles. The van der Waals surface area contributed by atoms with Crippen molar-refractivity contribution < 1.29 is 14.7 Å². The van der Waals surface area contributed by atoms with Crippen molar-refractivity contribution in [2.45, 2.75) is 32.0 Å². The second-order valence-corrected chi connectivity index (χ2v) is 4.95. The number of aliphatic hydroxyl groups excluding tert-OH is 1. The van der Waals surface area contributed by atoms with E-state index in [9.17, 15) is 14.7 Å². The summed E-state index contributed by atoms with van der Waals surface area (Å²) < 4.78 is 0. The minimum absolute atomic E-state index is 0. The lowest BCUT2D eigenvalue weighted by atomic mass is 10.1. The number of nitrogens with one attached hydrogen (secondary N) is 3. The van der Waals surface area contributed by atoms with Crippen LogP contribution in [0.5, 0.6) is 0 Å². The molecule has 0 saturated carbocycles. The standard InChI is InChI=1S/C14H19N3O3.ClH/c1-9(18)17-11-4-2-10(3-5-11)7-16-14(20)13-6-12(19)8-15-13;/h2-5,12-13,15,19H,6-8H2,1H3,(H,16,20)(H,17,18);1H. The largest absolute Gasteiger partial charge is 0.392 e. The number of carbonyl (C=O) groups excluding carboxylic acids is 2. The maximum atomic E-state index is 11.8. The fraction of sp³-hybridized carbons (Fsp3) is 0.429. The molecule has 0 aromatic heterocycles. The molecule has 1 aromatic rings. The molecule has 0 bridgehead atoms. The number of hydrogen-bond donors (Lipinski definition) is 4. The van der Waals surface area contributed by atoms with E-state index < -0.39 is 6.10 Å². The topological polar surface area (TPSA) is 90.5 Å². The first-order valence-corrected chi connectivity index (χ1v) is 6.60. The third-order valence-electron chi connectivity index (χ3n) is 3.17. The Hall–Kier alpha value is -1.63. The number of carbonyl (C=O) groups is 2. The Kier molecular flexibility index (Phi) is 6.61. The van der Waals surface area contributed by atoms with Crippen LogP contribution in [0.2, 0.25) is 0 Å². The maximum absolute atomic E-state index is 11.8. The van der Waals surface area contributed by atoms with E-state index in [-0.39, 0.29) is 30.3 Å². The Morgan fingerprint density at radius 3 is 2.52 bits per heavy atom. The van der Waals surface area contributed by atoms with Crippen LogP contribution in [0.1, 0.15) is 18.9 Å². The van der Waals surface area contributed by atoms with E-state index in [1.165, 1.54) is 6.92 Å². The lowest BCUT2D eigenvalue weighted by Gasteiger charge is -2.11. The van der Waals surface area contributed by atoms with Crippen LogP contribution in [0.25, 0.3) is 0 Å². The number of rotatable bonds is 4. The fourth-order valence-electron chi connectivity index (χ4n) is 2.14. The highest BCUT2D eigenvalue weighted by molar-refractivity contribution is 5.88. The summed E-state index contributed by atoms with van der Waals surface area (Å²) in [6, 6.07) is 6.97. The van der Waals surface area contributed by atoms with E-state index in [0.29, 0.717) is 19.5 Å². The Labute approximate surface area is 129 Å². The molecule has 0 aliphatic carbocycles. The van der Waals surface area contributed by atoms with Gasteiger partial charge in [-0.25, -0.2) is 0 Å². The molecule has 1 aliphatic heterocycles. The zero-order valence-corrected chi connectivity index (χ0v) is 12.6. The average Bonchev–Trinajstić information content (AvgIpc) is 2.84. The van der Waals surface area contributed by atoms with E-state index in [0.717, 1.165) is 11.3 Å². The molecule has 0 spiro atoms. The van der Waals surface area contributed by atoms with Crippen molar-refractivity contribution in [2.75, 3.05) is 11.9 Å². The normalized spacial score (nSPS) is 20.5. The molecule has 7 heteroatoms. The monoisotopic (exact) mass is 313 g/mol. The quantitative estimate of drug-likeness (QED) is 0.648. The van der Waals surface area contributed by atoms with Gasteiger partial charge in [-0.3, -0.25) is 9.59 Å². The highest BCUT2D eigenvalue weighted by Crippen LogP contribution is 2.10. The zero-order valence-electron chi connectivity index (χ0n) is 11.8. The molecule has 1 saturated heterocycles. The highest BCUT2D eigenvalue weighted by atomic mass is 35.5. The minimum Gasteiger partial charge on any atom is -0.392 e. The predicted molar refractivity (Wildman–Crippen MR) is 82.3 cm³/mol. The molecule has 0 radical (unpaired) electrons. The average molecular weight is 314 g/mol. The number of anilines is 1. The fourth-order valence-corrected chi connectivity index (χ4v) is 2.14. The minimum atomic E-state index is -0.442. The second kappa shape index (κ2) is 7.97. The van der Waals surface area contributed by atoms with Crippen molar-refractivity contribution in [1.29, 1.82) is 0 Å². The van der Waals surface area contributed by atoms with Crippen molar-refractivity contribution in [3.05, 3.63) is 29.8 Å². The Morgan fingerprint density at radius 1 is 1.33 bits per heavy atom. The number of hydrogen-bond acceptors (Lipinski definition) is 4. The molecule has 116 valence electrons. The molecule has 1 aliphatic rings. The summed E-state index contributed by atoms with van der Waals surface area (Å²) in [5, 5.41) is 17.8. The molecule has 2 unspecified atom stereocenters. The van der Waals surface area contributed by atoms with Gasteiger partial charge in [0.2, 0.25) is 11.8 Å². The van der Waals surface area contributed by atoms with Gasteiger partial charge in [0.05, 0.1) is 12.1 Å². The van der Waals surface area contributed by atoms with Crippen molar-refractivity contribution in [2.24, 2.45) is 0 Å². The molecule has 6 nitrogen and oxygen atoms in total. The molecule has 1 aromatic carbocycles. The molecule has 1 fully saturated rings. The van der Waals surface area contributed by atoms with E-state index in [4.69, 9.17) is 0 Å². The van der Waals surface area contributed by atoms with E-state index in [1.54, 1.807) is 12.1 Å². The van der Waals surface area contributed by atoms with Crippen LogP contribution in [0, 0.1) is 0 Å². The van der Waals surface area contributed by atoms with Crippen LogP contribution < -0.4 is 16.0 Å². The number of amides is 2. The lowest BCUT2D eigenvalue weighted by Crippen LogP contribution is -2.39. The SMILES string of the molecule is CC(=O)Nc1ccc(CNC(=O)C2CC(O)CN2)cc1.Cl. The first-order valence-electron chi connectivity index (χ1n) is 6.60. The van der Waals surface area contributed by atoms with Crippen molar-refractivity contribution >= 4 is 29.9 Å². The van der Waals surface area contributed by atoms with Gasteiger partial charge in [-0.05, 0) is 24.1 Å². The third-order valence-corrected chi connectivity index (χ3v) is 3.17. The highest BCUT2D eigenvalue weighted by Gasteiger charge is 2.27. The Morgan fingerprint density at radius 2 is 2.00 bits per heavy atom. The summed E-state index contributed by atoms with van der Waals surface area (Å²) in [5.41, 5.74) is 1.68. The second-order valence-electron chi connectivity index (χ2n) is 4.95. The van der Waals surface area contributed by atoms with Crippen LogP contribution in [0.3, 0.4) is 0 Å². The van der Waals surface area contributed by atoms with E-state index in [2.05, 4.69) is 16.0 Å². The zero-order chi connectivity index (χ0) is 14.5. The molecule has 2 atom stereocenters. The van der Waals surface area contributed by atoms with Crippen molar-refractivity contribution in [1.82, 2.24) is 10.6 Å². The summed E-state index contributed by atoms with van der Waals surface area (Å²) in [5.74, 6) is -0.218. The smallest absolute Gasteiger partial charge is 0.237 e. The first kappa shape index (κ1) is 17.4. The summed E-state index contributed by atoms with van der Waals surface area (Å²) in [7, 11) is 0. The Balaban J connectivity index is 0.00000220. The van der Waals surface area contributed by atoms with Crippen molar-refractivity contribution in [3.63, 3.8) is 0 Å².